The first-order valence-corrected chi connectivity index (χ1v) is 6.58. The number of hydrogen-bond acceptors (Lipinski definition) is 3. The maximum absolute atomic E-state index is 5.33. The third kappa shape index (κ3) is 2.26. The summed E-state index contributed by atoms with van der Waals surface area (Å²) in [4.78, 5) is 3.96. The minimum Gasteiger partial charge on any atom is -0.444 e. The molecule has 1 aliphatic carbocycles. The van der Waals surface area contributed by atoms with Crippen molar-refractivity contribution in [3.05, 3.63) is 36.9 Å². The van der Waals surface area contributed by atoms with E-state index in [-0.39, 0.29) is 0 Å². The van der Waals surface area contributed by atoms with Gasteiger partial charge in [-0.15, -0.1) is 0 Å². The monoisotopic (exact) mass is 242 g/mol. The molecule has 1 aliphatic rings. The van der Waals surface area contributed by atoms with Crippen molar-refractivity contribution in [1.29, 1.82) is 0 Å². The number of rotatable bonds is 3. The van der Waals surface area contributed by atoms with Gasteiger partial charge in [-0.05, 0) is 30.9 Å². The number of benzene rings is 1. The number of hydrogen-bond donors (Lipinski definition) is 1. The number of anilines is 1. The van der Waals surface area contributed by atoms with Crippen LogP contribution < -0.4 is 5.32 Å². The summed E-state index contributed by atoms with van der Waals surface area (Å²) < 4.78 is 5.33. The average molecular weight is 242 g/mol. The molecule has 1 aromatic heterocycles. The van der Waals surface area contributed by atoms with Crippen molar-refractivity contribution in [1.82, 2.24) is 4.98 Å². The van der Waals surface area contributed by atoms with E-state index < -0.39 is 0 Å². The highest BCUT2D eigenvalue weighted by Gasteiger charge is 2.22. The molecule has 1 N–H and O–H groups in total. The predicted molar refractivity (Wildman–Crippen MR) is 72.4 cm³/mol. The lowest BCUT2D eigenvalue weighted by Gasteiger charge is -2.18. The van der Waals surface area contributed by atoms with Crippen molar-refractivity contribution in [2.75, 3.05) is 5.32 Å². The Morgan fingerprint density at radius 1 is 1.33 bits per heavy atom. The standard InChI is InChI=1S/C15H18N2O/c1-11-4-2-7-14(11)17-13-6-3-5-12(8-13)15-9-16-10-18-15/h3,5-6,8-11,14,17H,2,4,7H2,1H3. The molecule has 0 bridgehead atoms. The molecule has 3 nitrogen and oxygen atoms in total. The van der Waals surface area contributed by atoms with E-state index in [1.54, 1.807) is 6.20 Å². The highest BCUT2D eigenvalue weighted by atomic mass is 16.3. The molecule has 0 saturated heterocycles. The third-order valence-electron chi connectivity index (χ3n) is 3.79. The second-order valence-electron chi connectivity index (χ2n) is 5.11. The minimum absolute atomic E-state index is 0.606. The summed E-state index contributed by atoms with van der Waals surface area (Å²) in [6.07, 6.45) is 7.15. The van der Waals surface area contributed by atoms with Crippen LogP contribution in [0.5, 0.6) is 0 Å². The number of aromatic nitrogens is 1. The van der Waals surface area contributed by atoms with Crippen LogP contribution in [0.1, 0.15) is 26.2 Å². The second kappa shape index (κ2) is 4.84. The normalized spacial score (nSPS) is 23.2. The van der Waals surface area contributed by atoms with Crippen LogP contribution in [0.4, 0.5) is 5.69 Å². The van der Waals surface area contributed by atoms with Gasteiger partial charge in [-0.3, -0.25) is 0 Å². The quantitative estimate of drug-likeness (QED) is 0.885. The van der Waals surface area contributed by atoms with Gasteiger partial charge in [-0.2, -0.15) is 0 Å². The minimum atomic E-state index is 0.606. The highest BCUT2D eigenvalue weighted by Crippen LogP contribution is 2.29. The molecule has 0 amide bonds. The van der Waals surface area contributed by atoms with Crippen LogP contribution in [0, 0.1) is 5.92 Å². The summed E-state index contributed by atoms with van der Waals surface area (Å²) in [7, 11) is 0. The van der Waals surface area contributed by atoms with Crippen LogP contribution in [0.2, 0.25) is 0 Å². The molecule has 2 aromatic rings. The Labute approximate surface area is 107 Å². The average Bonchev–Trinajstić information content (AvgIpc) is 3.02. The van der Waals surface area contributed by atoms with E-state index in [9.17, 15) is 0 Å². The van der Waals surface area contributed by atoms with Crippen LogP contribution in [0.15, 0.2) is 41.3 Å². The van der Waals surface area contributed by atoms with Gasteiger partial charge < -0.3 is 9.73 Å². The molecule has 3 rings (SSSR count). The largest absolute Gasteiger partial charge is 0.444 e. The number of oxazole rings is 1. The molecule has 18 heavy (non-hydrogen) atoms. The van der Waals surface area contributed by atoms with E-state index in [2.05, 4.69) is 35.4 Å². The fourth-order valence-electron chi connectivity index (χ4n) is 2.69. The highest BCUT2D eigenvalue weighted by molar-refractivity contribution is 5.63. The summed E-state index contributed by atoms with van der Waals surface area (Å²) in [5.41, 5.74) is 2.24. The lowest BCUT2D eigenvalue weighted by Crippen LogP contribution is -2.21. The summed E-state index contributed by atoms with van der Waals surface area (Å²) in [6.45, 7) is 2.32. The molecule has 3 heteroatoms. The maximum atomic E-state index is 5.33. The molecule has 2 unspecified atom stereocenters. The first kappa shape index (κ1) is 11.3. The molecule has 1 aromatic carbocycles. The van der Waals surface area contributed by atoms with E-state index in [1.807, 2.05) is 6.07 Å². The Hall–Kier alpha value is -1.77. The van der Waals surface area contributed by atoms with Gasteiger partial charge in [-0.1, -0.05) is 25.5 Å². The fourth-order valence-corrected chi connectivity index (χ4v) is 2.69. The first-order chi connectivity index (χ1) is 8.83. The van der Waals surface area contributed by atoms with Gasteiger partial charge in [0.2, 0.25) is 0 Å². The van der Waals surface area contributed by atoms with Crippen LogP contribution in [0.25, 0.3) is 11.3 Å². The van der Waals surface area contributed by atoms with Gasteiger partial charge in [0.1, 0.15) is 0 Å². The molecular weight excluding hydrogens is 224 g/mol. The molecular formula is C15H18N2O. The van der Waals surface area contributed by atoms with E-state index >= 15 is 0 Å². The topological polar surface area (TPSA) is 38.1 Å². The van der Waals surface area contributed by atoms with Crippen molar-refractivity contribution in [3.63, 3.8) is 0 Å². The van der Waals surface area contributed by atoms with Gasteiger partial charge in [-0.25, -0.2) is 4.98 Å². The molecule has 1 heterocycles. The van der Waals surface area contributed by atoms with Crippen molar-refractivity contribution < 1.29 is 4.42 Å². The molecule has 94 valence electrons. The number of nitrogens with one attached hydrogen (secondary N) is 1. The zero-order valence-electron chi connectivity index (χ0n) is 10.6. The lowest BCUT2D eigenvalue weighted by molar-refractivity contribution is 0.556. The third-order valence-corrected chi connectivity index (χ3v) is 3.79. The van der Waals surface area contributed by atoms with E-state index in [4.69, 9.17) is 4.42 Å². The molecule has 1 fully saturated rings. The predicted octanol–water partition coefficient (Wildman–Crippen LogP) is 3.94. The Balaban J connectivity index is 1.79. The fraction of sp³-hybridized carbons (Fsp3) is 0.400. The van der Waals surface area contributed by atoms with Crippen molar-refractivity contribution >= 4 is 5.69 Å². The van der Waals surface area contributed by atoms with Crippen molar-refractivity contribution in [2.45, 2.75) is 32.2 Å². The number of nitrogens with zero attached hydrogens (tertiary/aromatic N) is 1. The van der Waals surface area contributed by atoms with Gasteiger partial charge in [0.15, 0.2) is 12.2 Å². The van der Waals surface area contributed by atoms with E-state index in [0.717, 1.165) is 17.2 Å². The second-order valence-corrected chi connectivity index (χ2v) is 5.11. The molecule has 2 atom stereocenters. The Morgan fingerprint density at radius 2 is 2.28 bits per heavy atom. The van der Waals surface area contributed by atoms with Crippen LogP contribution in [-0.4, -0.2) is 11.0 Å². The van der Waals surface area contributed by atoms with Crippen LogP contribution in [0.3, 0.4) is 0 Å². The van der Waals surface area contributed by atoms with Gasteiger partial charge in [0.05, 0.1) is 6.20 Å². The Kier molecular flexibility index (Phi) is 3.05. The lowest BCUT2D eigenvalue weighted by atomic mass is 10.1. The molecule has 0 spiro atoms. The zero-order chi connectivity index (χ0) is 12.4. The van der Waals surface area contributed by atoms with Gasteiger partial charge in [0, 0.05) is 17.3 Å². The summed E-state index contributed by atoms with van der Waals surface area (Å²) in [5.74, 6) is 1.58. The van der Waals surface area contributed by atoms with Crippen LogP contribution >= 0.6 is 0 Å². The van der Waals surface area contributed by atoms with Crippen molar-refractivity contribution in [2.24, 2.45) is 5.92 Å². The zero-order valence-corrected chi connectivity index (χ0v) is 10.6. The summed E-state index contributed by atoms with van der Waals surface area (Å²) >= 11 is 0. The van der Waals surface area contributed by atoms with Crippen molar-refractivity contribution in [3.8, 4) is 11.3 Å². The summed E-state index contributed by atoms with van der Waals surface area (Å²) in [5, 5.41) is 3.63. The van der Waals surface area contributed by atoms with E-state index in [1.165, 1.54) is 31.3 Å². The van der Waals surface area contributed by atoms with Gasteiger partial charge >= 0.3 is 0 Å². The summed E-state index contributed by atoms with van der Waals surface area (Å²) in [6, 6.07) is 8.95. The van der Waals surface area contributed by atoms with E-state index in [0.29, 0.717) is 6.04 Å². The Bertz CT molecular complexity index is 507. The van der Waals surface area contributed by atoms with Crippen LogP contribution in [-0.2, 0) is 0 Å². The SMILES string of the molecule is CC1CCCC1Nc1cccc(-c2cnco2)c1. The smallest absolute Gasteiger partial charge is 0.181 e. The van der Waals surface area contributed by atoms with Gasteiger partial charge in [0.25, 0.3) is 0 Å². The first-order valence-electron chi connectivity index (χ1n) is 6.58. The maximum Gasteiger partial charge on any atom is 0.181 e. The molecule has 0 aliphatic heterocycles. The molecule has 1 saturated carbocycles. The molecule has 0 radical (unpaired) electrons. The Morgan fingerprint density at radius 3 is 3.00 bits per heavy atom.